The minimum absolute atomic E-state index is 0.00699. The molecule has 50 nitrogen and oxygen atoms in total. The van der Waals surface area contributed by atoms with Crippen LogP contribution < -0.4 is 16.0 Å². The number of carbonyl (C=O) groups excluding carboxylic acids is 15. The van der Waals surface area contributed by atoms with Crippen molar-refractivity contribution in [1.82, 2.24) is 36.0 Å². The second-order valence-electron chi connectivity index (χ2n) is 28.7. The molecule has 780 valence electrons. The summed E-state index contributed by atoms with van der Waals surface area (Å²) in [5.74, 6) is -8.18. The van der Waals surface area contributed by atoms with E-state index in [0.717, 1.165) is 24.8 Å². The number of methoxy groups -OCH3 is 5. The molecule has 1 saturated heterocycles. The van der Waals surface area contributed by atoms with E-state index >= 15 is 0 Å². The van der Waals surface area contributed by atoms with Gasteiger partial charge in [-0.15, -0.1) is 24.8 Å². The Balaban J connectivity index is 0.000000578. The number of amides is 5. The fourth-order valence-electron chi connectivity index (χ4n) is 10.6. The van der Waals surface area contributed by atoms with E-state index in [9.17, 15) is 127 Å². The molecule has 0 bridgehead atoms. The number of nitro benzene ring substituents is 5. The van der Waals surface area contributed by atoms with Crippen LogP contribution in [0.5, 0.6) is 0 Å². The summed E-state index contributed by atoms with van der Waals surface area (Å²) in [6.07, 6.45) is 8.53. The number of rotatable bonds is 38. The van der Waals surface area contributed by atoms with Gasteiger partial charge in [-0.05, 0) is 118 Å². The first-order valence-electron chi connectivity index (χ1n) is 43.2. The van der Waals surface area contributed by atoms with Crippen LogP contribution >= 0.6 is 11.6 Å². The fraction of sp³-hybridized carbons (Fsp3) is 0.292. The number of aliphatic carboxylic acids is 1. The van der Waals surface area contributed by atoms with Crippen LogP contribution in [-0.2, 0) is 101 Å². The van der Waals surface area contributed by atoms with Crippen LogP contribution in [0.2, 0.25) is 0 Å². The molecule has 2 atom stereocenters. The molecule has 10 rings (SSSR count). The number of halogens is 1. The van der Waals surface area contributed by atoms with Gasteiger partial charge in [-0.25, -0.2) is 38.9 Å². The van der Waals surface area contributed by atoms with E-state index in [1.54, 1.807) is 57.2 Å². The Labute approximate surface area is 841 Å². The molecular formula is C96H102ClN13O37. The van der Waals surface area contributed by atoms with E-state index in [1.165, 1.54) is 145 Å². The molecule has 1 fully saturated rings. The van der Waals surface area contributed by atoms with Crippen molar-refractivity contribution in [2.45, 2.75) is 138 Å². The van der Waals surface area contributed by atoms with Crippen molar-refractivity contribution in [2.75, 3.05) is 42.2 Å². The number of oxazole rings is 3. The van der Waals surface area contributed by atoms with Gasteiger partial charge in [-0.1, -0.05) is 63.6 Å². The van der Waals surface area contributed by atoms with Gasteiger partial charge in [0.15, 0.2) is 64.5 Å². The first-order chi connectivity index (χ1) is 69.8. The number of esters is 6. The maximum absolute atomic E-state index is 12.2. The zero-order chi connectivity index (χ0) is 111. The normalized spacial score (nSPS) is 10.8. The molecule has 51 heteroatoms. The molecule has 4 heterocycles. The van der Waals surface area contributed by atoms with Crippen LogP contribution in [0, 0.1) is 74.7 Å². The van der Waals surface area contributed by atoms with Gasteiger partial charge in [0.05, 0.1) is 79.7 Å². The molecule has 0 aliphatic carbocycles. The lowest BCUT2D eigenvalue weighted by molar-refractivity contribution is -0.385. The fourth-order valence-corrected chi connectivity index (χ4v) is 10.7. The summed E-state index contributed by atoms with van der Waals surface area (Å²) in [6.45, 7) is 20.1. The summed E-state index contributed by atoms with van der Waals surface area (Å²) < 4.78 is 43.9. The second-order valence-corrected chi connectivity index (χ2v) is 29.0. The third kappa shape index (κ3) is 43.5. The number of aryl methyl sites for hydroxylation is 2. The number of hydrogen-bond donors (Lipinski definition) is 4. The topological polar surface area (TPSA) is 715 Å². The first-order valence-corrected chi connectivity index (χ1v) is 43.6. The second kappa shape index (κ2) is 66.1. The van der Waals surface area contributed by atoms with Crippen molar-refractivity contribution in [2.24, 2.45) is 5.92 Å². The highest BCUT2D eigenvalue weighted by atomic mass is 35.5. The average Bonchev–Trinajstić information content (AvgIpc) is 1.66. The predicted octanol–water partition coefficient (Wildman–Crippen LogP) is 14.1. The van der Waals surface area contributed by atoms with Gasteiger partial charge in [-0.2, -0.15) is 5.26 Å². The maximum Gasteiger partial charge on any atom is 0.362 e. The SMILES string of the molecule is C=CCCC(=O)NCc1nc(C(=O)OC)c(-c2ccc([N+](=O)[O-])cc2)o1.C=CCCC(=O)NCc1nc(C(=O)OCC#N)c(-c2ccc([N+](=O)[O-])cc2)o1.C=CCCC(=O)ON1C(=O)CCC1=O.CCC(=O)NC(C(=O)OC)C(=O)c1ccc([N+](=O)[O-])cc1.CCC(=O)O.CCC(=O)OC.CCc1nc(C(=O)OC)c(-c2ccc([N+](=O)[O-])cc2)o1.COC(=O)C(C)C(=O)c1ccc([N+](=O)[O-])cc1.Cc1ccc(C(=O)Cl)cc1. The Hall–Kier alpha value is -18.7. The molecule has 5 amide bonds. The smallest absolute Gasteiger partial charge is 0.362 e. The van der Waals surface area contributed by atoms with E-state index in [4.69, 9.17) is 40.0 Å². The number of carboxylic acid groups (broad SMARTS) is 1. The number of non-ortho nitro benzene ring substituents is 5. The zero-order valence-corrected chi connectivity index (χ0v) is 81.7. The molecule has 0 radical (unpaired) electrons. The van der Waals surface area contributed by atoms with Crippen molar-refractivity contribution in [1.29, 1.82) is 5.26 Å². The molecule has 6 aromatic carbocycles. The maximum atomic E-state index is 12.2. The number of hydroxylamine groups is 2. The monoisotopic (exact) mass is 2060 g/mol. The van der Waals surface area contributed by atoms with Gasteiger partial charge in [0.2, 0.25) is 29.5 Å². The number of aromatic nitrogens is 3. The number of imide groups is 1. The summed E-state index contributed by atoms with van der Waals surface area (Å²) in [6, 6.07) is 33.6. The first kappa shape index (κ1) is 124. The number of nitro groups is 5. The van der Waals surface area contributed by atoms with Crippen LogP contribution in [-0.4, -0.2) is 192 Å². The number of carboxylic acids is 1. The predicted molar refractivity (Wildman–Crippen MR) is 515 cm³/mol. The van der Waals surface area contributed by atoms with E-state index in [-0.39, 0.29) is 162 Å². The molecule has 2 unspecified atom stereocenters. The Kier molecular flexibility index (Phi) is 55.9. The van der Waals surface area contributed by atoms with E-state index in [2.05, 4.69) is 79.2 Å². The number of ether oxygens (including phenoxy) is 6. The van der Waals surface area contributed by atoms with Crippen molar-refractivity contribution in [3.63, 3.8) is 0 Å². The van der Waals surface area contributed by atoms with Crippen LogP contribution in [0.3, 0.4) is 0 Å². The van der Waals surface area contributed by atoms with E-state index in [1.807, 2.05) is 26.0 Å². The Morgan fingerprint density at radius 1 is 0.469 bits per heavy atom. The lowest BCUT2D eigenvalue weighted by Crippen LogP contribution is -2.46. The molecule has 0 saturated carbocycles. The summed E-state index contributed by atoms with van der Waals surface area (Å²) in [4.78, 5) is 247. The van der Waals surface area contributed by atoms with Gasteiger partial charge < -0.3 is 67.6 Å². The Morgan fingerprint density at radius 3 is 1.12 bits per heavy atom. The number of ketones is 2. The van der Waals surface area contributed by atoms with Crippen molar-refractivity contribution in [3.8, 4) is 40.0 Å². The van der Waals surface area contributed by atoms with Gasteiger partial charge >= 0.3 is 47.8 Å². The van der Waals surface area contributed by atoms with Crippen LogP contribution in [0.1, 0.15) is 191 Å². The molecule has 1 aliphatic heterocycles. The molecule has 9 aromatic rings. The summed E-state index contributed by atoms with van der Waals surface area (Å²) in [5.41, 5.74) is 2.54. The molecule has 3 aromatic heterocycles. The van der Waals surface area contributed by atoms with Crippen LogP contribution in [0.15, 0.2) is 197 Å². The standard InChI is InChI=1S/C18H16N4O6.C17H17N3O6.C13H14N2O6.C13H12N2O5.C11H11NO5.C9H11NO4.C8H7ClO.C4H8O2.C3H6O2/c1-2-3-4-14(23)20-11-15-21-16(18(24)27-10-9-19)17(28-15)12-5-7-13(8-6-12)22(25)26;1-3-4-5-13(21)18-10-14-19-15(17(22)25-2)16(26-14)11-6-8-12(9-7-11)20(23)24;1-3-10(16)14-11(13(18)21-2)12(17)8-4-6-9(7-5-8)15(19)20;1-3-10-14-11(13(16)19-2)12(20-10)8-4-6-9(7-5-8)15(17)18;1-7(11(14)17-2)10(13)8-3-5-9(6-4-8)12(15)16;1-2-3-4-9(13)14-10-7(11)5-6-8(10)12;1-6-2-4-7(5-3-6)8(9)10;1-3-4(5)6-2;1-2-3(4)5/h2,5-8H,1,3-4,10-11H2,(H,20,23);3,6-9H,1,4-5,10H2,2H3,(H,18,21);4-7,11H,3H2,1-2H3,(H,14,16);4-7H,3H2,1-2H3;3-7H,1-2H3;2H,1,3-6H2;2-5H,1H3;3H2,1-2H3;2H2,1H3,(H,4,5). The molecular weight excluding hydrogens is 1960 g/mol. The van der Waals surface area contributed by atoms with Gasteiger partial charge in [0.1, 0.15) is 12.0 Å². The van der Waals surface area contributed by atoms with Gasteiger partial charge in [0.25, 0.3) is 45.5 Å². The van der Waals surface area contributed by atoms with Crippen molar-refractivity contribution < 1.29 is 153 Å². The highest BCUT2D eigenvalue weighted by molar-refractivity contribution is 6.67. The highest BCUT2D eigenvalue weighted by Gasteiger charge is 2.34. The number of benzene rings is 6. The number of carbonyl (C=O) groups is 16. The number of Topliss-reactive ketones (excluding diaryl/α,β-unsaturated/α-hetero) is 2. The van der Waals surface area contributed by atoms with E-state index in [0.29, 0.717) is 65.3 Å². The number of allylic oxidation sites excluding steroid dienone is 3. The lowest BCUT2D eigenvalue weighted by atomic mass is 9.99. The van der Waals surface area contributed by atoms with Gasteiger partial charge in [0, 0.05) is 145 Å². The number of nitrogens with zero attached hydrogens (tertiary/aromatic N) is 10. The van der Waals surface area contributed by atoms with E-state index < -0.39 is 119 Å². The number of nitriles is 1. The largest absolute Gasteiger partial charge is 0.481 e. The average molecular weight is 2070 g/mol. The minimum atomic E-state index is -1.47. The van der Waals surface area contributed by atoms with Crippen molar-refractivity contribution in [3.05, 3.63) is 291 Å². The van der Waals surface area contributed by atoms with Crippen molar-refractivity contribution >= 4 is 134 Å². The van der Waals surface area contributed by atoms with Gasteiger partial charge in [-0.3, -0.25) is 103 Å². The third-order valence-corrected chi connectivity index (χ3v) is 18.6. The summed E-state index contributed by atoms with van der Waals surface area (Å²) in [7, 11) is 6.12. The number of nitrogens with one attached hydrogen (secondary N) is 3. The summed E-state index contributed by atoms with van der Waals surface area (Å²) >= 11 is 5.22. The van der Waals surface area contributed by atoms with Crippen LogP contribution in [0.25, 0.3) is 34.0 Å². The lowest BCUT2D eigenvalue weighted by Gasteiger charge is -2.14. The molecule has 0 spiro atoms. The van der Waals surface area contributed by atoms with Crippen LogP contribution in [0.4, 0.5) is 28.4 Å². The third-order valence-electron chi connectivity index (χ3n) is 18.4. The highest BCUT2D eigenvalue weighted by Crippen LogP contribution is 2.32. The summed E-state index contributed by atoms with van der Waals surface area (Å²) in [5, 5.41) is 77.0. The number of hydrogen-bond acceptors (Lipinski definition) is 40. The molecule has 4 N–H and O–H groups in total. The molecule has 1 aliphatic rings. The Morgan fingerprint density at radius 2 is 0.810 bits per heavy atom. The minimum Gasteiger partial charge on any atom is -0.481 e. The Bertz CT molecular complexity index is 6170. The zero-order valence-electron chi connectivity index (χ0n) is 81.0. The molecule has 147 heavy (non-hydrogen) atoms. The quantitative estimate of drug-likeness (QED) is 0.00321.